The Balaban J connectivity index is 1.98. The second-order valence-corrected chi connectivity index (χ2v) is 4.76. The van der Waals surface area contributed by atoms with Crippen molar-refractivity contribution in [1.29, 1.82) is 5.41 Å². The van der Waals surface area contributed by atoms with Crippen LogP contribution in [0.5, 0.6) is 0 Å². The number of rotatable bonds is 6. The van der Waals surface area contributed by atoms with Crippen LogP contribution < -0.4 is 11.1 Å². The summed E-state index contributed by atoms with van der Waals surface area (Å²) >= 11 is 0. The average molecular weight is 295 g/mol. The zero-order chi connectivity index (χ0) is 15.9. The number of benzene rings is 2. The van der Waals surface area contributed by atoms with E-state index in [-0.39, 0.29) is 5.84 Å². The first kappa shape index (κ1) is 15.3. The summed E-state index contributed by atoms with van der Waals surface area (Å²) in [5.74, 6) is -0.922. The number of carboxylic acids is 1. The molecule has 0 aliphatic carbocycles. The predicted octanol–water partition coefficient (Wildman–Crippen LogP) is 2.68. The van der Waals surface area contributed by atoms with Gasteiger partial charge in [0.05, 0.1) is 0 Å². The van der Waals surface area contributed by atoms with Crippen molar-refractivity contribution < 1.29 is 9.90 Å². The molecule has 2 rings (SSSR count). The van der Waals surface area contributed by atoms with E-state index in [4.69, 9.17) is 16.2 Å². The first-order valence-corrected chi connectivity index (χ1v) is 6.73. The zero-order valence-corrected chi connectivity index (χ0v) is 11.9. The summed E-state index contributed by atoms with van der Waals surface area (Å²) in [5, 5.41) is 19.3. The average Bonchev–Trinajstić information content (AvgIpc) is 2.52. The standard InChI is InChI=1S/C17H17N3O2/c18-17(19)14-2-1-3-15(10-14)20-11-13-6-4-12(5-7-13)8-9-16(21)22/h1-10,20H,11H2,(H3,18,19)(H,21,22)/b9-8+. The molecule has 0 aromatic heterocycles. The van der Waals surface area contributed by atoms with Crippen molar-refractivity contribution in [3.63, 3.8) is 0 Å². The number of nitrogens with one attached hydrogen (secondary N) is 2. The molecule has 0 radical (unpaired) electrons. The Hall–Kier alpha value is -3.08. The van der Waals surface area contributed by atoms with Crippen LogP contribution in [0.15, 0.2) is 54.6 Å². The molecule has 0 spiro atoms. The van der Waals surface area contributed by atoms with E-state index in [0.29, 0.717) is 12.1 Å². The van der Waals surface area contributed by atoms with Crippen LogP contribution in [0.1, 0.15) is 16.7 Å². The van der Waals surface area contributed by atoms with Gasteiger partial charge >= 0.3 is 5.97 Å². The quantitative estimate of drug-likeness (QED) is 0.374. The molecular formula is C17H17N3O2. The number of anilines is 1. The van der Waals surface area contributed by atoms with E-state index in [2.05, 4.69) is 5.32 Å². The van der Waals surface area contributed by atoms with E-state index in [1.807, 2.05) is 42.5 Å². The molecule has 5 heteroatoms. The molecular weight excluding hydrogens is 278 g/mol. The number of carbonyl (C=O) groups is 1. The Morgan fingerprint density at radius 3 is 2.59 bits per heavy atom. The molecule has 112 valence electrons. The third-order valence-electron chi connectivity index (χ3n) is 3.07. The Morgan fingerprint density at radius 2 is 1.95 bits per heavy atom. The minimum atomic E-state index is -0.962. The molecule has 0 saturated heterocycles. The summed E-state index contributed by atoms with van der Waals surface area (Å²) in [6, 6.07) is 15.0. The van der Waals surface area contributed by atoms with E-state index in [1.165, 1.54) is 0 Å². The Morgan fingerprint density at radius 1 is 1.23 bits per heavy atom. The van der Waals surface area contributed by atoms with Gasteiger partial charge in [-0.3, -0.25) is 5.41 Å². The summed E-state index contributed by atoms with van der Waals surface area (Å²) in [6.45, 7) is 0.629. The maximum absolute atomic E-state index is 10.5. The third-order valence-corrected chi connectivity index (χ3v) is 3.07. The minimum absolute atomic E-state index is 0.0400. The number of hydrogen-bond donors (Lipinski definition) is 4. The second-order valence-electron chi connectivity index (χ2n) is 4.76. The van der Waals surface area contributed by atoms with Crippen molar-refractivity contribution in [2.45, 2.75) is 6.54 Å². The topological polar surface area (TPSA) is 99.2 Å². The van der Waals surface area contributed by atoms with Crippen molar-refractivity contribution in [1.82, 2.24) is 0 Å². The van der Waals surface area contributed by atoms with E-state index in [0.717, 1.165) is 22.9 Å². The number of amidine groups is 1. The van der Waals surface area contributed by atoms with Crippen LogP contribution in [-0.4, -0.2) is 16.9 Å². The molecule has 5 nitrogen and oxygen atoms in total. The van der Waals surface area contributed by atoms with Gasteiger partial charge < -0.3 is 16.2 Å². The van der Waals surface area contributed by atoms with Crippen LogP contribution in [0.3, 0.4) is 0 Å². The summed E-state index contributed by atoms with van der Waals surface area (Å²) < 4.78 is 0. The molecule has 5 N–H and O–H groups in total. The second kappa shape index (κ2) is 7.08. The van der Waals surface area contributed by atoms with Gasteiger partial charge in [0.15, 0.2) is 0 Å². The van der Waals surface area contributed by atoms with Gasteiger partial charge in [-0.15, -0.1) is 0 Å². The lowest BCUT2D eigenvalue weighted by Crippen LogP contribution is -2.11. The highest BCUT2D eigenvalue weighted by Crippen LogP contribution is 2.13. The lowest BCUT2D eigenvalue weighted by atomic mass is 10.1. The lowest BCUT2D eigenvalue weighted by molar-refractivity contribution is -0.131. The van der Waals surface area contributed by atoms with E-state index >= 15 is 0 Å². The molecule has 0 heterocycles. The van der Waals surface area contributed by atoms with Crippen LogP contribution >= 0.6 is 0 Å². The van der Waals surface area contributed by atoms with Crippen molar-refractivity contribution in [3.05, 3.63) is 71.3 Å². The monoisotopic (exact) mass is 295 g/mol. The SMILES string of the molecule is N=C(N)c1cccc(NCc2ccc(/C=C/C(=O)O)cc2)c1. The van der Waals surface area contributed by atoms with E-state index in [1.54, 1.807) is 12.1 Å². The zero-order valence-electron chi connectivity index (χ0n) is 11.9. The van der Waals surface area contributed by atoms with Crippen LogP contribution in [-0.2, 0) is 11.3 Å². The van der Waals surface area contributed by atoms with Gasteiger partial charge in [0.1, 0.15) is 5.84 Å². The molecule has 0 aliphatic rings. The Kier molecular flexibility index (Phi) is 4.93. The highest BCUT2D eigenvalue weighted by molar-refractivity contribution is 5.95. The highest BCUT2D eigenvalue weighted by Gasteiger charge is 1.99. The fourth-order valence-corrected chi connectivity index (χ4v) is 1.91. The van der Waals surface area contributed by atoms with E-state index < -0.39 is 5.97 Å². The summed E-state index contributed by atoms with van der Waals surface area (Å²) in [6.07, 6.45) is 2.66. The smallest absolute Gasteiger partial charge is 0.328 e. The van der Waals surface area contributed by atoms with Gasteiger partial charge in [0, 0.05) is 23.9 Å². The largest absolute Gasteiger partial charge is 0.478 e. The third kappa shape index (κ3) is 4.49. The van der Waals surface area contributed by atoms with Gasteiger partial charge in [-0.25, -0.2) is 4.79 Å². The van der Waals surface area contributed by atoms with Crippen LogP contribution in [0.4, 0.5) is 5.69 Å². The molecule has 22 heavy (non-hydrogen) atoms. The van der Waals surface area contributed by atoms with Gasteiger partial charge in [-0.05, 0) is 29.3 Å². The predicted molar refractivity (Wildman–Crippen MR) is 87.9 cm³/mol. The van der Waals surface area contributed by atoms with Crippen LogP contribution in [0, 0.1) is 5.41 Å². The molecule has 0 bridgehead atoms. The van der Waals surface area contributed by atoms with Gasteiger partial charge in [0.2, 0.25) is 0 Å². The van der Waals surface area contributed by atoms with Gasteiger partial charge in [-0.2, -0.15) is 0 Å². The van der Waals surface area contributed by atoms with Crippen molar-refractivity contribution >= 4 is 23.6 Å². The van der Waals surface area contributed by atoms with Gasteiger partial charge in [0.25, 0.3) is 0 Å². The minimum Gasteiger partial charge on any atom is -0.478 e. The number of carboxylic acid groups (broad SMARTS) is 1. The first-order chi connectivity index (χ1) is 10.5. The number of aliphatic carboxylic acids is 1. The number of hydrogen-bond acceptors (Lipinski definition) is 3. The first-order valence-electron chi connectivity index (χ1n) is 6.73. The molecule has 0 aliphatic heterocycles. The molecule has 0 fully saturated rings. The van der Waals surface area contributed by atoms with Crippen molar-refractivity contribution in [3.8, 4) is 0 Å². The maximum Gasteiger partial charge on any atom is 0.328 e. The fourth-order valence-electron chi connectivity index (χ4n) is 1.91. The van der Waals surface area contributed by atoms with Crippen molar-refractivity contribution in [2.75, 3.05) is 5.32 Å². The van der Waals surface area contributed by atoms with Crippen LogP contribution in [0.2, 0.25) is 0 Å². The maximum atomic E-state index is 10.5. The Labute approximate surface area is 128 Å². The summed E-state index contributed by atoms with van der Waals surface area (Å²) in [7, 11) is 0. The Bertz CT molecular complexity index is 706. The normalized spacial score (nSPS) is 10.5. The lowest BCUT2D eigenvalue weighted by Gasteiger charge is -2.08. The molecule has 0 saturated carbocycles. The highest BCUT2D eigenvalue weighted by atomic mass is 16.4. The molecule has 0 unspecified atom stereocenters. The van der Waals surface area contributed by atoms with Crippen molar-refractivity contribution in [2.24, 2.45) is 5.73 Å². The molecule has 2 aromatic rings. The number of nitrogen functional groups attached to an aromatic ring is 1. The van der Waals surface area contributed by atoms with Gasteiger partial charge in [-0.1, -0.05) is 36.4 Å². The molecule has 2 aromatic carbocycles. The summed E-state index contributed by atoms with van der Waals surface area (Å²) in [4.78, 5) is 10.5. The molecule has 0 atom stereocenters. The van der Waals surface area contributed by atoms with Crippen LogP contribution in [0.25, 0.3) is 6.08 Å². The summed E-state index contributed by atoms with van der Waals surface area (Å²) in [5.41, 5.74) is 8.94. The number of nitrogens with two attached hydrogens (primary N) is 1. The fraction of sp³-hybridized carbons (Fsp3) is 0.0588. The van der Waals surface area contributed by atoms with E-state index in [9.17, 15) is 4.79 Å². The molecule has 0 amide bonds.